The molecule has 1 fully saturated rings. The standard InChI is InChI=1S/C32H29N3O7S/c1-40-26-13-10-21(15-27(26)41-2)25(36)18-42-32(39)19-8-11-23(12-9-19)35-29(37)16-28(31(35)38)43-30-22(17-33)14-20-6-4-3-5-7-24(20)34-30/h8-15,28H,3-7,16,18H2,1-2H3. The molecule has 1 unspecified atom stereocenters. The Morgan fingerprint density at radius 1 is 0.977 bits per heavy atom. The van der Waals surface area contributed by atoms with Crippen LogP contribution in [0.5, 0.6) is 11.5 Å². The van der Waals surface area contributed by atoms with Gasteiger partial charge in [0.1, 0.15) is 11.1 Å². The summed E-state index contributed by atoms with van der Waals surface area (Å²) in [5.74, 6) is -1.11. The molecule has 11 heteroatoms. The molecule has 0 spiro atoms. The molecule has 2 aromatic carbocycles. The summed E-state index contributed by atoms with van der Waals surface area (Å²) in [5.41, 5.74) is 3.21. The van der Waals surface area contributed by atoms with Crippen molar-refractivity contribution in [2.75, 3.05) is 25.7 Å². The third-order valence-corrected chi connectivity index (χ3v) is 8.58. The quantitative estimate of drug-likeness (QED) is 0.147. The highest BCUT2D eigenvalue weighted by Crippen LogP contribution is 2.36. The molecular weight excluding hydrogens is 570 g/mol. The highest BCUT2D eigenvalue weighted by Gasteiger charge is 2.41. The summed E-state index contributed by atoms with van der Waals surface area (Å²) in [6, 6.07) is 14.5. The van der Waals surface area contributed by atoms with Crippen LogP contribution >= 0.6 is 11.8 Å². The number of rotatable bonds is 9. The smallest absolute Gasteiger partial charge is 0.338 e. The third-order valence-electron chi connectivity index (χ3n) is 7.40. The average molecular weight is 600 g/mol. The molecule has 0 bridgehead atoms. The Morgan fingerprint density at radius 3 is 2.42 bits per heavy atom. The van der Waals surface area contributed by atoms with Gasteiger partial charge in [-0.2, -0.15) is 5.26 Å². The number of Topliss-reactive ketones (excluding diaryl/α,β-unsaturated/α-hetero) is 1. The number of amides is 2. The fourth-order valence-electron chi connectivity index (χ4n) is 5.12. The first kappa shape index (κ1) is 29.8. The number of ether oxygens (including phenoxy) is 3. The zero-order valence-corrected chi connectivity index (χ0v) is 24.6. The maximum absolute atomic E-state index is 13.3. The second-order valence-electron chi connectivity index (χ2n) is 10.1. The highest BCUT2D eigenvalue weighted by molar-refractivity contribution is 8.00. The topological polar surface area (TPSA) is 136 Å². The molecule has 1 aromatic heterocycles. The van der Waals surface area contributed by atoms with Crippen LogP contribution in [0.4, 0.5) is 5.69 Å². The molecule has 3 aromatic rings. The maximum atomic E-state index is 13.3. The van der Waals surface area contributed by atoms with Gasteiger partial charge in [0.05, 0.1) is 36.3 Å². The molecule has 2 amide bonds. The van der Waals surface area contributed by atoms with Gasteiger partial charge in [-0.3, -0.25) is 14.4 Å². The van der Waals surface area contributed by atoms with E-state index in [0.29, 0.717) is 33.3 Å². The van der Waals surface area contributed by atoms with Crippen LogP contribution in [0.1, 0.15) is 63.2 Å². The molecule has 0 radical (unpaired) electrons. The molecule has 1 aliphatic carbocycles. The van der Waals surface area contributed by atoms with E-state index in [1.54, 1.807) is 12.1 Å². The van der Waals surface area contributed by atoms with E-state index >= 15 is 0 Å². The number of aryl methyl sites for hydroxylation is 2. The Labute approximate surface area is 252 Å². The van der Waals surface area contributed by atoms with E-state index in [1.165, 1.54) is 44.6 Å². The molecule has 43 heavy (non-hydrogen) atoms. The van der Waals surface area contributed by atoms with Gasteiger partial charge in [-0.1, -0.05) is 18.2 Å². The molecule has 1 aliphatic heterocycles. The minimum Gasteiger partial charge on any atom is -0.493 e. The fourth-order valence-corrected chi connectivity index (χ4v) is 6.21. The van der Waals surface area contributed by atoms with E-state index in [0.717, 1.165) is 60.0 Å². The van der Waals surface area contributed by atoms with Gasteiger partial charge in [0.15, 0.2) is 23.9 Å². The van der Waals surface area contributed by atoms with Crippen molar-refractivity contribution in [2.24, 2.45) is 0 Å². The van der Waals surface area contributed by atoms with Crippen molar-refractivity contribution in [1.29, 1.82) is 5.26 Å². The number of nitrogens with zero attached hydrogens (tertiary/aromatic N) is 3. The second kappa shape index (κ2) is 13.1. The number of fused-ring (bicyclic) bond motifs is 1. The zero-order valence-electron chi connectivity index (χ0n) is 23.8. The van der Waals surface area contributed by atoms with Crippen molar-refractivity contribution in [3.8, 4) is 17.6 Å². The number of pyridine rings is 1. The molecular formula is C32H29N3O7S. The van der Waals surface area contributed by atoms with Gasteiger partial charge in [0.2, 0.25) is 11.8 Å². The van der Waals surface area contributed by atoms with Crippen LogP contribution in [0.2, 0.25) is 0 Å². The first-order valence-electron chi connectivity index (χ1n) is 13.8. The average Bonchev–Trinajstić information content (AvgIpc) is 3.16. The van der Waals surface area contributed by atoms with Gasteiger partial charge in [0.25, 0.3) is 0 Å². The van der Waals surface area contributed by atoms with Crippen molar-refractivity contribution >= 4 is 41.0 Å². The molecule has 1 saturated heterocycles. The van der Waals surface area contributed by atoms with Gasteiger partial charge >= 0.3 is 5.97 Å². The van der Waals surface area contributed by atoms with Crippen molar-refractivity contribution in [1.82, 2.24) is 4.98 Å². The van der Waals surface area contributed by atoms with Crippen molar-refractivity contribution in [3.05, 3.63) is 76.5 Å². The third kappa shape index (κ3) is 6.39. The van der Waals surface area contributed by atoms with Gasteiger partial charge in [-0.15, -0.1) is 0 Å². The monoisotopic (exact) mass is 599 g/mol. The van der Waals surface area contributed by atoms with Crippen molar-refractivity contribution in [2.45, 2.75) is 48.8 Å². The molecule has 0 saturated carbocycles. The van der Waals surface area contributed by atoms with Gasteiger partial charge < -0.3 is 14.2 Å². The molecule has 220 valence electrons. The number of carbonyl (C=O) groups is 4. The number of methoxy groups -OCH3 is 2. The predicted molar refractivity (Wildman–Crippen MR) is 158 cm³/mol. The van der Waals surface area contributed by atoms with E-state index in [-0.39, 0.29) is 17.9 Å². The minimum atomic E-state index is -0.730. The van der Waals surface area contributed by atoms with E-state index in [4.69, 9.17) is 19.2 Å². The number of aromatic nitrogens is 1. The van der Waals surface area contributed by atoms with Crippen LogP contribution in [0, 0.1) is 11.3 Å². The Bertz CT molecular complexity index is 1630. The lowest BCUT2D eigenvalue weighted by atomic mass is 10.1. The number of hydrogen-bond acceptors (Lipinski definition) is 10. The van der Waals surface area contributed by atoms with Crippen LogP contribution in [0.3, 0.4) is 0 Å². The maximum Gasteiger partial charge on any atom is 0.338 e. The Morgan fingerprint density at radius 2 is 1.70 bits per heavy atom. The van der Waals surface area contributed by atoms with Crippen molar-refractivity contribution < 1.29 is 33.4 Å². The summed E-state index contributed by atoms with van der Waals surface area (Å²) >= 11 is 1.15. The lowest BCUT2D eigenvalue weighted by Crippen LogP contribution is -2.31. The SMILES string of the molecule is COc1ccc(C(=O)COC(=O)c2ccc(N3C(=O)CC(Sc4nc5c(cc4C#N)CCCCC5)C3=O)cc2)cc1OC. The van der Waals surface area contributed by atoms with Gasteiger partial charge in [0, 0.05) is 17.7 Å². The van der Waals surface area contributed by atoms with Gasteiger partial charge in [-0.05, 0) is 79.8 Å². The normalized spacial score (nSPS) is 16.2. The number of thioether (sulfide) groups is 1. The van der Waals surface area contributed by atoms with Gasteiger partial charge in [-0.25, -0.2) is 14.7 Å². The number of hydrogen-bond donors (Lipinski definition) is 0. The number of imide groups is 1. The number of carbonyl (C=O) groups excluding carboxylic acids is 4. The van der Waals surface area contributed by atoms with E-state index in [1.807, 2.05) is 6.07 Å². The van der Waals surface area contributed by atoms with Crippen LogP contribution in [0.15, 0.2) is 53.6 Å². The van der Waals surface area contributed by atoms with Crippen LogP contribution in [0.25, 0.3) is 0 Å². The largest absolute Gasteiger partial charge is 0.493 e. The summed E-state index contributed by atoms with van der Waals surface area (Å²) in [4.78, 5) is 57.2. The zero-order chi connectivity index (χ0) is 30.5. The Hall–Kier alpha value is -4.69. The van der Waals surface area contributed by atoms with Crippen LogP contribution in [-0.4, -0.2) is 54.6 Å². The molecule has 1 atom stereocenters. The summed E-state index contributed by atoms with van der Waals surface area (Å²) in [5, 5.41) is 9.47. The Balaban J connectivity index is 1.23. The fraction of sp³-hybridized carbons (Fsp3) is 0.312. The first-order chi connectivity index (χ1) is 20.8. The summed E-state index contributed by atoms with van der Waals surface area (Å²) in [7, 11) is 2.94. The molecule has 5 rings (SSSR count). The summed E-state index contributed by atoms with van der Waals surface area (Å²) in [6.45, 7) is -0.487. The summed E-state index contributed by atoms with van der Waals surface area (Å²) in [6.07, 6.45) is 4.88. The van der Waals surface area contributed by atoms with E-state index < -0.39 is 29.5 Å². The van der Waals surface area contributed by atoms with Crippen molar-refractivity contribution in [3.63, 3.8) is 0 Å². The summed E-state index contributed by atoms with van der Waals surface area (Å²) < 4.78 is 15.6. The number of benzene rings is 2. The Kier molecular flexibility index (Phi) is 9.07. The number of ketones is 1. The second-order valence-corrected chi connectivity index (χ2v) is 11.3. The van der Waals surface area contributed by atoms with Crippen LogP contribution < -0.4 is 14.4 Å². The van der Waals surface area contributed by atoms with Crippen LogP contribution in [-0.2, 0) is 27.2 Å². The molecule has 10 nitrogen and oxygen atoms in total. The minimum absolute atomic E-state index is 0.0326. The van der Waals surface area contributed by atoms with E-state index in [2.05, 4.69) is 6.07 Å². The number of anilines is 1. The number of nitriles is 1. The lowest BCUT2D eigenvalue weighted by molar-refractivity contribution is -0.121. The lowest BCUT2D eigenvalue weighted by Gasteiger charge is -2.16. The highest BCUT2D eigenvalue weighted by atomic mass is 32.2. The predicted octanol–water partition coefficient (Wildman–Crippen LogP) is 4.70. The molecule has 2 heterocycles. The molecule has 2 aliphatic rings. The molecule has 0 N–H and O–H groups in total. The van der Waals surface area contributed by atoms with E-state index in [9.17, 15) is 24.4 Å². The first-order valence-corrected chi connectivity index (χ1v) is 14.7. The number of esters is 1.